The Kier molecular flexibility index (Phi) is 8.32. The summed E-state index contributed by atoms with van der Waals surface area (Å²) < 4.78 is 5.30. The average molecular weight is 480 g/mol. The lowest BCUT2D eigenvalue weighted by molar-refractivity contribution is -0.143. The van der Waals surface area contributed by atoms with Crippen LogP contribution in [0.15, 0.2) is 24.3 Å². The molecular weight excluding hydrogens is 442 g/mol. The molecule has 2 rings (SSSR count). The molecule has 1 aliphatic carbocycles. The Labute approximate surface area is 201 Å². The van der Waals surface area contributed by atoms with Crippen LogP contribution in [0.4, 0.5) is 4.79 Å². The number of phenolic OH excluding ortho intramolecular Hbond substituents is 1. The van der Waals surface area contributed by atoms with E-state index >= 15 is 0 Å². The van der Waals surface area contributed by atoms with Gasteiger partial charge in [-0.05, 0) is 71.6 Å². The number of benzene rings is 1. The molecule has 0 bridgehead atoms. The minimum Gasteiger partial charge on any atom is -0.508 e. The second kappa shape index (κ2) is 10.2. The van der Waals surface area contributed by atoms with Gasteiger partial charge in [-0.15, -0.1) is 0 Å². The Hall–Kier alpha value is -2.42. The summed E-state index contributed by atoms with van der Waals surface area (Å²) in [6.07, 6.45) is 0.00186. The van der Waals surface area contributed by atoms with Gasteiger partial charge >= 0.3 is 6.09 Å². The summed E-state index contributed by atoms with van der Waals surface area (Å²) in [5.74, 6) is -0.574. The number of alkyl carbamates (subject to hydrolysis) is 1. The van der Waals surface area contributed by atoms with Crippen LogP contribution in [0.1, 0.15) is 66.5 Å². The summed E-state index contributed by atoms with van der Waals surface area (Å²) >= 11 is 4.28. The molecule has 4 unspecified atom stereocenters. The van der Waals surface area contributed by atoms with Crippen molar-refractivity contribution in [2.24, 2.45) is 5.92 Å². The normalized spacial score (nSPS) is 19.8. The number of ether oxygens (including phenoxy) is 1. The van der Waals surface area contributed by atoms with E-state index in [0.29, 0.717) is 5.56 Å². The number of carbonyl (C=O) groups is 3. The topological polar surface area (TPSA) is 108 Å². The number of hydrogen-bond acceptors (Lipinski definition) is 6. The maximum Gasteiger partial charge on any atom is 0.408 e. The molecule has 184 valence electrons. The van der Waals surface area contributed by atoms with Crippen molar-refractivity contribution < 1.29 is 24.2 Å². The van der Waals surface area contributed by atoms with E-state index in [1.54, 1.807) is 32.9 Å². The number of nitrogens with one attached hydrogen (secondary N) is 2. The first-order valence-corrected chi connectivity index (χ1v) is 11.8. The molecule has 0 spiro atoms. The van der Waals surface area contributed by atoms with E-state index in [1.807, 2.05) is 27.7 Å². The van der Waals surface area contributed by atoms with Gasteiger partial charge in [0.2, 0.25) is 11.8 Å². The molecule has 1 saturated carbocycles. The smallest absolute Gasteiger partial charge is 0.408 e. The van der Waals surface area contributed by atoms with Crippen LogP contribution in [0.3, 0.4) is 0 Å². The van der Waals surface area contributed by atoms with Gasteiger partial charge in [0.05, 0.1) is 0 Å². The van der Waals surface area contributed by atoms with E-state index in [0.717, 1.165) is 6.42 Å². The zero-order valence-electron chi connectivity index (χ0n) is 20.5. The third-order valence-corrected chi connectivity index (χ3v) is 5.43. The molecule has 3 amide bonds. The molecule has 0 aliphatic heterocycles. The fourth-order valence-electron chi connectivity index (χ4n) is 3.56. The Morgan fingerprint density at radius 1 is 1.21 bits per heavy atom. The van der Waals surface area contributed by atoms with E-state index < -0.39 is 35.2 Å². The van der Waals surface area contributed by atoms with Crippen LogP contribution in [0.5, 0.6) is 5.75 Å². The summed E-state index contributed by atoms with van der Waals surface area (Å²) in [5, 5.41) is 15.6. The van der Waals surface area contributed by atoms with Crippen LogP contribution in [0.25, 0.3) is 0 Å². The van der Waals surface area contributed by atoms with Crippen molar-refractivity contribution in [1.29, 1.82) is 0 Å². The van der Waals surface area contributed by atoms with Crippen LogP contribution < -0.4 is 10.6 Å². The van der Waals surface area contributed by atoms with Gasteiger partial charge in [0.1, 0.15) is 23.4 Å². The molecule has 1 aliphatic rings. The highest BCUT2D eigenvalue weighted by molar-refractivity contribution is 7.80. The molecule has 0 aromatic heterocycles. The zero-order valence-corrected chi connectivity index (χ0v) is 21.4. The quantitative estimate of drug-likeness (QED) is 0.448. The first-order valence-electron chi connectivity index (χ1n) is 11.2. The number of carbonyl (C=O) groups excluding carboxylic acids is 3. The van der Waals surface area contributed by atoms with Crippen molar-refractivity contribution in [3.63, 3.8) is 0 Å². The van der Waals surface area contributed by atoms with Crippen LogP contribution in [0, 0.1) is 5.92 Å². The Morgan fingerprint density at radius 2 is 1.82 bits per heavy atom. The largest absolute Gasteiger partial charge is 0.508 e. The van der Waals surface area contributed by atoms with Crippen LogP contribution in [-0.2, 0) is 14.3 Å². The minimum atomic E-state index is -0.988. The number of hydrogen-bond donors (Lipinski definition) is 4. The van der Waals surface area contributed by atoms with Crippen molar-refractivity contribution in [2.45, 2.75) is 84.2 Å². The molecule has 1 fully saturated rings. The van der Waals surface area contributed by atoms with Crippen LogP contribution >= 0.6 is 12.6 Å². The third-order valence-electron chi connectivity index (χ3n) is 5.06. The second-order valence-electron chi connectivity index (χ2n) is 10.6. The van der Waals surface area contributed by atoms with Gasteiger partial charge in [-0.2, -0.15) is 12.6 Å². The van der Waals surface area contributed by atoms with Crippen molar-refractivity contribution in [2.75, 3.05) is 5.75 Å². The molecule has 0 heterocycles. The summed E-state index contributed by atoms with van der Waals surface area (Å²) in [7, 11) is 0. The highest BCUT2D eigenvalue weighted by Gasteiger charge is 2.48. The minimum absolute atomic E-state index is 0.00470. The van der Waals surface area contributed by atoms with Crippen LogP contribution in [-0.4, -0.2) is 56.9 Å². The van der Waals surface area contributed by atoms with Crippen molar-refractivity contribution >= 4 is 30.5 Å². The molecule has 8 nitrogen and oxygen atoms in total. The summed E-state index contributed by atoms with van der Waals surface area (Å²) in [4.78, 5) is 41.1. The number of aromatic hydroxyl groups is 1. The molecule has 4 atom stereocenters. The van der Waals surface area contributed by atoms with E-state index in [4.69, 9.17) is 4.74 Å². The molecule has 0 saturated heterocycles. The van der Waals surface area contributed by atoms with Gasteiger partial charge in [0, 0.05) is 17.3 Å². The first-order chi connectivity index (χ1) is 15.1. The Bertz CT molecular complexity index is 878. The number of phenols is 1. The van der Waals surface area contributed by atoms with Crippen molar-refractivity contribution in [3.05, 3.63) is 29.8 Å². The SMILES string of the molecule is CC1CC1N(C(=O)C(CS)NC(=O)OC(C)(C)C)C(C(=O)NC(C)(C)C)c1cccc(O)c1. The molecule has 0 radical (unpaired) electrons. The number of rotatable bonds is 7. The molecule has 33 heavy (non-hydrogen) atoms. The van der Waals surface area contributed by atoms with Crippen molar-refractivity contribution in [3.8, 4) is 5.75 Å². The third kappa shape index (κ3) is 7.84. The fourth-order valence-corrected chi connectivity index (χ4v) is 3.81. The Balaban J connectivity index is 2.44. The monoisotopic (exact) mass is 479 g/mol. The van der Waals surface area contributed by atoms with Gasteiger partial charge in [0.15, 0.2) is 0 Å². The lowest BCUT2D eigenvalue weighted by Gasteiger charge is -2.36. The highest BCUT2D eigenvalue weighted by Crippen LogP contribution is 2.41. The number of thiol groups is 1. The Morgan fingerprint density at radius 3 is 2.27 bits per heavy atom. The molecule has 9 heteroatoms. The molecule has 1 aromatic carbocycles. The first kappa shape index (κ1) is 26.8. The van der Waals surface area contributed by atoms with Gasteiger partial charge in [-0.25, -0.2) is 4.79 Å². The predicted octanol–water partition coefficient (Wildman–Crippen LogP) is 3.41. The lowest BCUT2D eigenvalue weighted by Crippen LogP contribution is -2.56. The van der Waals surface area contributed by atoms with Crippen molar-refractivity contribution in [1.82, 2.24) is 15.5 Å². The maximum absolute atomic E-state index is 13.7. The number of nitrogens with zero attached hydrogens (tertiary/aromatic N) is 1. The van der Waals surface area contributed by atoms with Crippen LogP contribution in [0.2, 0.25) is 0 Å². The van der Waals surface area contributed by atoms with E-state index in [-0.39, 0.29) is 29.4 Å². The number of amides is 3. The summed E-state index contributed by atoms with van der Waals surface area (Å²) in [6.45, 7) is 12.8. The second-order valence-corrected chi connectivity index (χ2v) is 11.0. The van der Waals surface area contributed by atoms with E-state index in [1.165, 1.54) is 17.0 Å². The summed E-state index contributed by atoms with van der Waals surface area (Å²) in [6, 6.07) is 4.18. The molecule has 1 aromatic rings. The highest BCUT2D eigenvalue weighted by atomic mass is 32.1. The van der Waals surface area contributed by atoms with Gasteiger partial charge in [-0.1, -0.05) is 19.1 Å². The summed E-state index contributed by atoms with van der Waals surface area (Å²) in [5.41, 5.74) is -0.775. The molecule has 3 N–H and O–H groups in total. The lowest BCUT2D eigenvalue weighted by atomic mass is 10.00. The van der Waals surface area contributed by atoms with E-state index in [2.05, 4.69) is 23.3 Å². The van der Waals surface area contributed by atoms with Gasteiger partial charge in [0.25, 0.3) is 0 Å². The van der Waals surface area contributed by atoms with Gasteiger partial charge in [-0.3, -0.25) is 9.59 Å². The maximum atomic E-state index is 13.7. The average Bonchev–Trinajstić information content (AvgIpc) is 3.36. The zero-order chi connectivity index (χ0) is 25.1. The predicted molar refractivity (Wildman–Crippen MR) is 130 cm³/mol. The van der Waals surface area contributed by atoms with E-state index in [9.17, 15) is 19.5 Å². The standard InChI is InChI=1S/C24H37N3O5S/c1-14-11-18(14)27(21(30)17(13-33)25-22(31)32-24(5,6)7)19(20(29)26-23(2,3)4)15-9-8-10-16(28)12-15/h8-10,12,14,17-19,28,33H,11,13H2,1-7H3,(H,25,31)(H,26,29). The fraction of sp³-hybridized carbons (Fsp3) is 0.625. The molecular formula is C24H37N3O5S. The van der Waals surface area contributed by atoms with Gasteiger partial charge < -0.3 is 25.4 Å².